The number of fused-ring (bicyclic) bond motifs is 7. The number of benzene rings is 6. The van der Waals surface area contributed by atoms with Crippen molar-refractivity contribution in [2.45, 2.75) is 79.5 Å². The predicted molar refractivity (Wildman–Crippen MR) is 270 cm³/mol. The first-order valence-electron chi connectivity index (χ1n) is 23.3. The van der Waals surface area contributed by atoms with Crippen molar-refractivity contribution in [1.82, 2.24) is 4.90 Å². The van der Waals surface area contributed by atoms with E-state index in [-0.39, 0.29) is 16.2 Å². The van der Waals surface area contributed by atoms with E-state index >= 15 is 0 Å². The Morgan fingerprint density at radius 1 is 0.723 bits per heavy atom. The van der Waals surface area contributed by atoms with E-state index in [4.69, 9.17) is 14.4 Å². The van der Waals surface area contributed by atoms with Gasteiger partial charge in [-0.25, -0.2) is 4.99 Å². The maximum Gasteiger partial charge on any atom is 0.155 e. The molecule has 0 radical (unpaired) electrons. The van der Waals surface area contributed by atoms with Gasteiger partial charge in [0.15, 0.2) is 5.84 Å². The van der Waals surface area contributed by atoms with E-state index in [0.717, 1.165) is 46.0 Å². The number of aliphatic imine (C=N–C) groups is 2. The van der Waals surface area contributed by atoms with Crippen molar-refractivity contribution >= 4 is 45.4 Å². The van der Waals surface area contributed by atoms with Gasteiger partial charge in [0.2, 0.25) is 0 Å². The quantitative estimate of drug-likeness (QED) is 0.167. The highest BCUT2D eigenvalue weighted by atomic mass is 32.2. The molecule has 0 amide bonds. The molecule has 320 valence electrons. The summed E-state index contributed by atoms with van der Waals surface area (Å²) in [5.74, 6) is 2.73. The van der Waals surface area contributed by atoms with Gasteiger partial charge in [0.05, 0.1) is 11.3 Å². The van der Waals surface area contributed by atoms with Gasteiger partial charge in [0.1, 0.15) is 17.4 Å². The molecule has 0 N–H and O–H groups in total. The fourth-order valence-corrected chi connectivity index (χ4v) is 13.5. The number of hydrogen-bond donors (Lipinski definition) is 0. The van der Waals surface area contributed by atoms with Crippen molar-refractivity contribution in [3.8, 4) is 0 Å². The second-order valence-electron chi connectivity index (χ2n) is 19.5. The zero-order valence-electron chi connectivity index (χ0n) is 37.8. The lowest BCUT2D eigenvalue weighted by molar-refractivity contribution is 0.305. The van der Waals surface area contributed by atoms with Crippen LogP contribution in [0, 0.1) is 5.92 Å². The van der Waals surface area contributed by atoms with Crippen LogP contribution in [-0.2, 0) is 11.0 Å². The lowest BCUT2D eigenvalue weighted by Gasteiger charge is -2.44. The number of para-hydroxylation sites is 1. The molecular weight excluding hydrogens is 811 g/mol. The van der Waals surface area contributed by atoms with E-state index in [9.17, 15) is 0 Å². The molecule has 5 heteroatoms. The number of furan rings is 1. The van der Waals surface area contributed by atoms with E-state index in [1.807, 2.05) is 11.8 Å². The van der Waals surface area contributed by atoms with E-state index in [1.54, 1.807) is 0 Å². The summed E-state index contributed by atoms with van der Waals surface area (Å²) in [4.78, 5) is 14.8. The van der Waals surface area contributed by atoms with Gasteiger partial charge in [-0.15, -0.1) is 11.8 Å². The van der Waals surface area contributed by atoms with Crippen molar-refractivity contribution in [3.05, 3.63) is 232 Å². The highest BCUT2D eigenvalue weighted by molar-refractivity contribution is 8.01. The number of allylic oxidation sites excluding steroid dienone is 4. The second-order valence-corrected chi connectivity index (χ2v) is 21.0. The van der Waals surface area contributed by atoms with Gasteiger partial charge < -0.3 is 9.32 Å². The molecule has 12 rings (SSSR count). The topological polar surface area (TPSA) is 41.1 Å². The van der Waals surface area contributed by atoms with Crippen molar-refractivity contribution in [1.29, 1.82) is 0 Å². The standard InChI is InChI=1S/C60H53N3OS/c1-38-34-47(60(4)48(35-38)45-24-13-15-28-52(45)65-60)42-20-16-23-44(36-42)59(3)37-49(39-18-8-6-9-19-39)61-57(62-59)41-31-29-40(30-32-41)55-56-53(46-25-12-14-27-51(46)64-56)54-50(63(55)5)26-17-33-58(54,2)43-21-10-7-11-22-43/h6-32,34,36,38,48,55H,33,35,37H2,1-5H3. The average Bonchev–Trinajstić information content (AvgIpc) is 3.87. The summed E-state index contributed by atoms with van der Waals surface area (Å²) in [7, 11) is 2.22. The molecule has 0 bridgehead atoms. The Hall–Kier alpha value is -6.43. The third-order valence-electron chi connectivity index (χ3n) is 15.3. The van der Waals surface area contributed by atoms with E-state index in [2.05, 4.69) is 216 Å². The van der Waals surface area contributed by atoms with Crippen LogP contribution < -0.4 is 0 Å². The fourth-order valence-electron chi connectivity index (χ4n) is 11.9. The van der Waals surface area contributed by atoms with E-state index in [1.165, 1.54) is 61.4 Å². The summed E-state index contributed by atoms with van der Waals surface area (Å²) >= 11 is 2.05. The van der Waals surface area contributed by atoms with Gasteiger partial charge in [-0.3, -0.25) is 4.99 Å². The molecule has 4 heterocycles. The molecule has 7 aromatic rings. The highest BCUT2D eigenvalue weighted by Gasteiger charge is 2.49. The molecular formula is C60H53N3OS. The molecule has 0 fully saturated rings. The Bertz CT molecular complexity index is 3190. The molecule has 6 atom stereocenters. The summed E-state index contributed by atoms with van der Waals surface area (Å²) in [5.41, 5.74) is 15.1. The minimum atomic E-state index is -0.543. The molecule has 0 saturated heterocycles. The van der Waals surface area contributed by atoms with E-state index < -0.39 is 5.54 Å². The van der Waals surface area contributed by atoms with Gasteiger partial charge in [0.25, 0.3) is 0 Å². The van der Waals surface area contributed by atoms with Crippen LogP contribution in [0.25, 0.3) is 22.1 Å². The smallest absolute Gasteiger partial charge is 0.155 e. The third kappa shape index (κ3) is 6.33. The van der Waals surface area contributed by atoms with Crippen LogP contribution in [0.1, 0.15) is 109 Å². The molecule has 6 aromatic carbocycles. The Kier molecular flexibility index (Phi) is 9.30. The first kappa shape index (κ1) is 40.1. The molecule has 1 aromatic heterocycles. The normalized spacial score (nSPS) is 26.8. The van der Waals surface area contributed by atoms with E-state index in [0.29, 0.717) is 18.3 Å². The molecule has 6 unspecified atom stereocenters. The molecule has 65 heavy (non-hydrogen) atoms. The largest absolute Gasteiger partial charge is 0.458 e. The average molecular weight is 864 g/mol. The molecule has 2 aliphatic carbocycles. The monoisotopic (exact) mass is 863 g/mol. The van der Waals surface area contributed by atoms with Crippen LogP contribution in [0.2, 0.25) is 0 Å². The Balaban J connectivity index is 0.936. The molecule has 3 aliphatic heterocycles. The van der Waals surface area contributed by atoms with Crippen LogP contribution in [0.4, 0.5) is 0 Å². The van der Waals surface area contributed by atoms with Crippen molar-refractivity contribution in [2.75, 3.05) is 7.05 Å². The second kappa shape index (κ2) is 15.1. The Labute approximate surface area is 387 Å². The van der Waals surface area contributed by atoms with Crippen molar-refractivity contribution < 1.29 is 4.42 Å². The number of amidine groups is 1. The van der Waals surface area contributed by atoms with Crippen molar-refractivity contribution in [3.63, 3.8) is 0 Å². The highest BCUT2D eigenvalue weighted by Crippen LogP contribution is 2.63. The van der Waals surface area contributed by atoms with Crippen LogP contribution in [0.3, 0.4) is 0 Å². The third-order valence-corrected chi connectivity index (χ3v) is 16.8. The minimum absolute atomic E-state index is 0.0302. The number of rotatable bonds is 6. The maximum absolute atomic E-state index is 6.95. The SMILES string of the molecule is CC1C=C(c2cccc(C3(C)CC(c4ccccc4)=NC(c4ccc(C5c6oc7ccccc7c6C6=C(C=CCC6(C)c6ccccc6)N5C)cc4)=N3)c2)C2(C)Sc3ccccc3C2C1. The van der Waals surface area contributed by atoms with Gasteiger partial charge >= 0.3 is 0 Å². The van der Waals surface area contributed by atoms with Crippen LogP contribution >= 0.6 is 11.8 Å². The van der Waals surface area contributed by atoms with Crippen LogP contribution in [0.15, 0.2) is 201 Å². The molecule has 0 spiro atoms. The lowest BCUT2D eigenvalue weighted by atomic mass is 9.66. The molecule has 5 aliphatic rings. The van der Waals surface area contributed by atoms with Gasteiger partial charge in [-0.1, -0.05) is 166 Å². The summed E-state index contributed by atoms with van der Waals surface area (Å²) in [6, 6.07) is 57.4. The number of nitrogens with zero attached hydrogens (tertiary/aromatic N) is 3. The lowest BCUT2D eigenvalue weighted by Crippen LogP contribution is -2.36. The summed E-state index contributed by atoms with van der Waals surface area (Å²) < 4.78 is 6.92. The van der Waals surface area contributed by atoms with Gasteiger partial charge in [-0.05, 0) is 101 Å². The Morgan fingerprint density at radius 2 is 1.43 bits per heavy atom. The summed E-state index contributed by atoms with van der Waals surface area (Å²) in [5, 5.41) is 1.17. The first-order chi connectivity index (χ1) is 31.6. The summed E-state index contributed by atoms with van der Waals surface area (Å²) in [6.07, 6.45) is 10.0. The minimum Gasteiger partial charge on any atom is -0.458 e. The zero-order valence-corrected chi connectivity index (χ0v) is 38.6. The van der Waals surface area contributed by atoms with Gasteiger partial charge in [0, 0.05) is 56.7 Å². The molecule has 4 nitrogen and oxygen atoms in total. The number of likely N-dealkylation sites (N-methyl/N-ethyl adjacent to an activating group) is 1. The number of thioether (sulfide) groups is 1. The molecule has 0 saturated carbocycles. The first-order valence-corrected chi connectivity index (χ1v) is 24.1. The fraction of sp³-hybridized carbons (Fsp3) is 0.233. The van der Waals surface area contributed by atoms with Crippen LogP contribution in [0.5, 0.6) is 0 Å². The maximum atomic E-state index is 6.95. The number of hydrogen-bond acceptors (Lipinski definition) is 5. The predicted octanol–water partition coefficient (Wildman–Crippen LogP) is 14.7. The van der Waals surface area contributed by atoms with Gasteiger partial charge in [-0.2, -0.15) is 0 Å². The van der Waals surface area contributed by atoms with Crippen LogP contribution in [-0.4, -0.2) is 28.2 Å². The van der Waals surface area contributed by atoms with Crippen molar-refractivity contribution in [2.24, 2.45) is 15.9 Å². The Morgan fingerprint density at radius 3 is 2.25 bits per heavy atom. The zero-order chi connectivity index (χ0) is 44.1. The summed E-state index contributed by atoms with van der Waals surface area (Å²) in [6.45, 7) is 9.55.